The molecule has 1 atom stereocenters. The Kier molecular flexibility index (Phi) is 5.69. The van der Waals surface area contributed by atoms with Crippen LogP contribution in [0.15, 0.2) is 52.3 Å². The van der Waals surface area contributed by atoms with Crippen LogP contribution in [0, 0.1) is 0 Å². The van der Waals surface area contributed by atoms with Crippen LogP contribution in [0.5, 0.6) is 0 Å². The molecule has 0 unspecified atom stereocenters. The van der Waals surface area contributed by atoms with Crippen molar-refractivity contribution in [3.63, 3.8) is 0 Å². The molecular weight excluding hydrogens is 390 g/mol. The normalized spacial score (nSPS) is 16.2. The summed E-state index contributed by atoms with van der Waals surface area (Å²) in [4.78, 5) is 24.7. The Morgan fingerprint density at radius 1 is 1.11 bits per heavy atom. The SMILES string of the molecule is C[C@H](C(=O)Nc1ccc(Cl)cc1)n1cc(S(=O)(=O)N2CCCC2)ccc1=O. The van der Waals surface area contributed by atoms with Crippen molar-refractivity contribution in [2.24, 2.45) is 0 Å². The van der Waals surface area contributed by atoms with Gasteiger partial charge in [0, 0.05) is 36.1 Å². The van der Waals surface area contributed by atoms with Crippen LogP contribution < -0.4 is 10.9 Å². The number of benzene rings is 1. The van der Waals surface area contributed by atoms with E-state index in [2.05, 4.69) is 5.32 Å². The molecule has 1 N–H and O–H groups in total. The van der Waals surface area contributed by atoms with Gasteiger partial charge < -0.3 is 9.88 Å². The predicted molar refractivity (Wildman–Crippen MR) is 103 cm³/mol. The number of halogens is 1. The number of hydrogen-bond acceptors (Lipinski definition) is 4. The van der Waals surface area contributed by atoms with Gasteiger partial charge >= 0.3 is 0 Å². The molecule has 1 aliphatic rings. The molecule has 0 spiro atoms. The predicted octanol–water partition coefficient (Wildman–Crippen LogP) is 2.49. The van der Waals surface area contributed by atoms with Gasteiger partial charge in [0.15, 0.2) is 0 Å². The number of amides is 1. The average molecular weight is 410 g/mol. The van der Waals surface area contributed by atoms with Crippen molar-refractivity contribution in [3.05, 3.63) is 58.0 Å². The van der Waals surface area contributed by atoms with E-state index in [0.29, 0.717) is 23.8 Å². The fraction of sp³-hybridized carbons (Fsp3) is 0.333. The molecule has 27 heavy (non-hydrogen) atoms. The van der Waals surface area contributed by atoms with E-state index in [1.165, 1.54) is 22.6 Å². The number of carbonyl (C=O) groups is 1. The molecule has 144 valence electrons. The Hall–Kier alpha value is -2.16. The fourth-order valence-corrected chi connectivity index (χ4v) is 4.57. The van der Waals surface area contributed by atoms with Crippen LogP contribution in [0.25, 0.3) is 0 Å². The van der Waals surface area contributed by atoms with Crippen LogP contribution >= 0.6 is 11.6 Å². The number of nitrogens with one attached hydrogen (secondary N) is 1. The van der Waals surface area contributed by atoms with E-state index in [0.717, 1.165) is 17.4 Å². The first-order valence-corrected chi connectivity index (χ1v) is 10.4. The number of rotatable bonds is 5. The average Bonchev–Trinajstić information content (AvgIpc) is 3.19. The van der Waals surface area contributed by atoms with Gasteiger partial charge in [-0.05, 0) is 50.1 Å². The van der Waals surface area contributed by atoms with Gasteiger partial charge in [0.1, 0.15) is 6.04 Å². The molecule has 0 bridgehead atoms. The van der Waals surface area contributed by atoms with Gasteiger partial charge in [0.25, 0.3) is 5.56 Å². The van der Waals surface area contributed by atoms with Crippen LogP contribution in [0.3, 0.4) is 0 Å². The zero-order valence-electron chi connectivity index (χ0n) is 14.8. The number of pyridine rings is 1. The van der Waals surface area contributed by atoms with Crippen LogP contribution in [-0.4, -0.2) is 36.3 Å². The van der Waals surface area contributed by atoms with Crippen molar-refractivity contribution in [1.82, 2.24) is 8.87 Å². The fourth-order valence-electron chi connectivity index (χ4n) is 2.92. The maximum atomic E-state index is 12.7. The Morgan fingerprint density at radius 3 is 2.37 bits per heavy atom. The molecule has 7 nitrogen and oxygen atoms in total. The van der Waals surface area contributed by atoms with Crippen molar-refractivity contribution in [3.8, 4) is 0 Å². The summed E-state index contributed by atoms with van der Waals surface area (Å²) >= 11 is 5.82. The Labute approximate surface area is 162 Å². The van der Waals surface area contributed by atoms with Crippen molar-refractivity contribution >= 4 is 33.2 Å². The third-order valence-corrected chi connectivity index (χ3v) is 6.66. The summed E-state index contributed by atoms with van der Waals surface area (Å²) < 4.78 is 28.0. The van der Waals surface area contributed by atoms with Crippen molar-refractivity contribution < 1.29 is 13.2 Å². The van der Waals surface area contributed by atoms with Gasteiger partial charge in [-0.2, -0.15) is 4.31 Å². The second-order valence-electron chi connectivity index (χ2n) is 6.39. The number of carbonyl (C=O) groups excluding carboxylic acids is 1. The number of nitrogens with zero attached hydrogens (tertiary/aromatic N) is 2. The first kappa shape index (κ1) is 19.6. The van der Waals surface area contributed by atoms with Gasteiger partial charge in [0.05, 0.1) is 4.90 Å². The zero-order chi connectivity index (χ0) is 19.6. The molecule has 0 aliphatic carbocycles. The summed E-state index contributed by atoms with van der Waals surface area (Å²) in [6.07, 6.45) is 2.87. The van der Waals surface area contributed by atoms with Gasteiger partial charge in [-0.15, -0.1) is 0 Å². The molecule has 1 saturated heterocycles. The van der Waals surface area contributed by atoms with Gasteiger partial charge in [-0.3, -0.25) is 9.59 Å². The molecule has 0 radical (unpaired) electrons. The monoisotopic (exact) mass is 409 g/mol. The molecule has 9 heteroatoms. The number of sulfonamides is 1. The summed E-state index contributed by atoms with van der Waals surface area (Å²) in [5.41, 5.74) is 0.0827. The Morgan fingerprint density at radius 2 is 1.74 bits per heavy atom. The maximum Gasteiger partial charge on any atom is 0.251 e. The highest BCUT2D eigenvalue weighted by Gasteiger charge is 2.28. The summed E-state index contributed by atoms with van der Waals surface area (Å²) in [5, 5.41) is 3.23. The quantitative estimate of drug-likeness (QED) is 0.821. The zero-order valence-corrected chi connectivity index (χ0v) is 16.3. The van der Waals surface area contributed by atoms with E-state index in [9.17, 15) is 18.0 Å². The molecule has 1 amide bonds. The summed E-state index contributed by atoms with van der Waals surface area (Å²) in [6, 6.07) is 8.13. The van der Waals surface area contributed by atoms with E-state index in [1.54, 1.807) is 31.2 Å². The Balaban J connectivity index is 1.85. The van der Waals surface area contributed by atoms with E-state index in [1.807, 2.05) is 0 Å². The second-order valence-corrected chi connectivity index (χ2v) is 8.77. The standard InChI is InChI=1S/C18H20ClN3O4S/c1-13(18(24)20-15-6-4-14(19)5-7-15)22-12-16(8-9-17(22)23)27(25,26)21-10-2-3-11-21/h4-9,12-13H,2-3,10-11H2,1H3,(H,20,24)/t13-/m1/s1. The Bertz CT molecular complexity index is 996. The third-order valence-electron chi connectivity index (χ3n) is 4.52. The highest BCUT2D eigenvalue weighted by atomic mass is 35.5. The third kappa shape index (κ3) is 4.23. The molecule has 1 aromatic heterocycles. The van der Waals surface area contributed by atoms with Crippen LogP contribution in [0.4, 0.5) is 5.69 Å². The van der Waals surface area contributed by atoms with Gasteiger partial charge in [-0.1, -0.05) is 11.6 Å². The van der Waals surface area contributed by atoms with Crippen LogP contribution in [0.2, 0.25) is 5.02 Å². The first-order chi connectivity index (χ1) is 12.8. The minimum absolute atomic E-state index is 0.00939. The molecule has 1 aromatic carbocycles. The molecule has 0 saturated carbocycles. The van der Waals surface area contributed by atoms with Crippen LogP contribution in [-0.2, 0) is 14.8 Å². The molecular formula is C18H20ClN3O4S. The topological polar surface area (TPSA) is 88.5 Å². The highest BCUT2D eigenvalue weighted by Crippen LogP contribution is 2.21. The smallest absolute Gasteiger partial charge is 0.251 e. The van der Waals surface area contributed by atoms with Gasteiger partial charge in [0.2, 0.25) is 15.9 Å². The number of aromatic nitrogens is 1. The molecule has 2 aromatic rings. The second kappa shape index (κ2) is 7.84. The molecule has 2 heterocycles. The van der Waals surface area contributed by atoms with Crippen molar-refractivity contribution in [1.29, 1.82) is 0 Å². The lowest BCUT2D eigenvalue weighted by Crippen LogP contribution is -2.33. The maximum absolute atomic E-state index is 12.7. The highest BCUT2D eigenvalue weighted by molar-refractivity contribution is 7.89. The van der Waals surface area contributed by atoms with E-state index in [-0.39, 0.29) is 4.90 Å². The lowest BCUT2D eigenvalue weighted by Gasteiger charge is -2.19. The number of hydrogen-bond donors (Lipinski definition) is 1. The van der Waals surface area contributed by atoms with Crippen molar-refractivity contribution in [2.75, 3.05) is 18.4 Å². The lowest BCUT2D eigenvalue weighted by atomic mass is 10.2. The largest absolute Gasteiger partial charge is 0.324 e. The van der Waals surface area contributed by atoms with Crippen LogP contribution in [0.1, 0.15) is 25.8 Å². The first-order valence-electron chi connectivity index (χ1n) is 8.58. The molecule has 3 rings (SSSR count). The molecule has 1 fully saturated rings. The summed E-state index contributed by atoms with van der Waals surface area (Å²) in [6.45, 7) is 2.47. The van der Waals surface area contributed by atoms with E-state index >= 15 is 0 Å². The lowest BCUT2D eigenvalue weighted by molar-refractivity contribution is -0.118. The summed E-state index contributed by atoms with van der Waals surface area (Å²) in [5.74, 6) is -0.435. The van der Waals surface area contributed by atoms with E-state index in [4.69, 9.17) is 11.6 Å². The summed E-state index contributed by atoms with van der Waals surface area (Å²) in [7, 11) is -3.67. The minimum Gasteiger partial charge on any atom is -0.324 e. The minimum atomic E-state index is -3.67. The van der Waals surface area contributed by atoms with E-state index < -0.39 is 27.5 Å². The number of anilines is 1. The van der Waals surface area contributed by atoms with Gasteiger partial charge in [-0.25, -0.2) is 8.42 Å². The molecule has 1 aliphatic heterocycles. The van der Waals surface area contributed by atoms with Crippen molar-refractivity contribution in [2.45, 2.75) is 30.7 Å².